The van der Waals surface area contributed by atoms with Gasteiger partial charge in [0.25, 0.3) is 0 Å². The smallest absolute Gasteiger partial charge is 0.225 e. The van der Waals surface area contributed by atoms with Crippen molar-refractivity contribution in [1.29, 1.82) is 0 Å². The van der Waals surface area contributed by atoms with Crippen LogP contribution in [0.15, 0.2) is 30.3 Å². The van der Waals surface area contributed by atoms with Crippen LogP contribution in [0.3, 0.4) is 0 Å². The van der Waals surface area contributed by atoms with Crippen LogP contribution in [0.25, 0.3) is 0 Å². The van der Waals surface area contributed by atoms with Gasteiger partial charge in [0.15, 0.2) is 0 Å². The molecule has 4 rings (SSSR count). The van der Waals surface area contributed by atoms with Crippen molar-refractivity contribution in [3.05, 3.63) is 53.1 Å². The molecule has 0 atom stereocenters. The molecule has 0 bridgehead atoms. The summed E-state index contributed by atoms with van der Waals surface area (Å²) >= 11 is 0. The summed E-state index contributed by atoms with van der Waals surface area (Å²) in [6, 6.07) is 9.59. The average molecular weight is 420 g/mol. The van der Waals surface area contributed by atoms with Crippen LogP contribution in [-0.4, -0.2) is 65.1 Å². The predicted molar refractivity (Wildman–Crippen MR) is 117 cm³/mol. The van der Waals surface area contributed by atoms with Gasteiger partial charge in [-0.2, -0.15) is 0 Å². The maximum Gasteiger partial charge on any atom is 0.225 e. The molecule has 2 aliphatic heterocycles. The number of piperidine rings is 1. The summed E-state index contributed by atoms with van der Waals surface area (Å²) in [4.78, 5) is 16.7. The Labute approximate surface area is 179 Å². The summed E-state index contributed by atoms with van der Waals surface area (Å²) < 4.78 is 13.1. The van der Waals surface area contributed by atoms with E-state index in [1.165, 1.54) is 18.4 Å². The molecule has 7 heteroatoms. The molecule has 0 amide bonds. The number of aromatic nitrogens is 2. The highest BCUT2D eigenvalue weighted by Gasteiger charge is 2.28. The van der Waals surface area contributed by atoms with Crippen molar-refractivity contribution < 1.29 is 4.39 Å². The molecule has 29 heavy (non-hydrogen) atoms. The molecular formula is C22H31ClFN5. The minimum absolute atomic E-state index is 0. The summed E-state index contributed by atoms with van der Waals surface area (Å²) in [5.41, 5.74) is 3.28. The molecular weight excluding hydrogens is 389 g/mol. The fourth-order valence-electron chi connectivity index (χ4n) is 4.41. The Hall–Kier alpha value is -1.76. The van der Waals surface area contributed by atoms with Crippen LogP contribution >= 0.6 is 12.4 Å². The number of hydrogen-bond acceptors (Lipinski definition) is 5. The maximum absolute atomic E-state index is 13.1. The first-order chi connectivity index (χ1) is 13.6. The summed E-state index contributed by atoms with van der Waals surface area (Å²) in [6.07, 6.45) is 2.35. The van der Waals surface area contributed by atoms with Crippen molar-refractivity contribution in [2.24, 2.45) is 0 Å². The first-order valence-electron chi connectivity index (χ1n) is 10.3. The summed E-state index contributed by atoms with van der Waals surface area (Å²) in [5.74, 6) is 0.728. The van der Waals surface area contributed by atoms with Crippen molar-refractivity contribution in [3.63, 3.8) is 0 Å². The normalized spacial score (nSPS) is 19.2. The number of nitrogens with zero attached hydrogens (tertiary/aromatic N) is 5. The Morgan fingerprint density at radius 2 is 1.48 bits per heavy atom. The van der Waals surface area contributed by atoms with Crippen molar-refractivity contribution in [2.45, 2.75) is 39.3 Å². The molecule has 3 heterocycles. The van der Waals surface area contributed by atoms with E-state index in [9.17, 15) is 4.39 Å². The molecule has 0 aliphatic carbocycles. The third-order valence-corrected chi connectivity index (χ3v) is 5.96. The van der Waals surface area contributed by atoms with E-state index in [0.29, 0.717) is 6.04 Å². The molecule has 1 aromatic carbocycles. The lowest BCUT2D eigenvalue weighted by atomic mass is 10.0. The minimum atomic E-state index is -0.161. The fraction of sp³-hybridized carbons (Fsp3) is 0.545. The van der Waals surface area contributed by atoms with Gasteiger partial charge in [-0.25, -0.2) is 14.4 Å². The van der Waals surface area contributed by atoms with Gasteiger partial charge in [0.2, 0.25) is 5.95 Å². The van der Waals surface area contributed by atoms with Gasteiger partial charge in [-0.05, 0) is 50.5 Å². The zero-order valence-corrected chi connectivity index (χ0v) is 18.2. The first-order valence-corrected chi connectivity index (χ1v) is 10.3. The van der Waals surface area contributed by atoms with Gasteiger partial charge in [-0.3, -0.25) is 9.80 Å². The van der Waals surface area contributed by atoms with Crippen LogP contribution in [0.1, 0.15) is 29.8 Å². The summed E-state index contributed by atoms with van der Waals surface area (Å²) in [5, 5.41) is 0. The fourth-order valence-corrected chi connectivity index (χ4v) is 4.41. The van der Waals surface area contributed by atoms with Crippen molar-refractivity contribution in [2.75, 3.05) is 44.2 Å². The van der Waals surface area contributed by atoms with Gasteiger partial charge in [-0.1, -0.05) is 12.1 Å². The van der Waals surface area contributed by atoms with Crippen molar-refractivity contribution >= 4 is 18.4 Å². The van der Waals surface area contributed by atoms with E-state index in [4.69, 9.17) is 0 Å². The monoisotopic (exact) mass is 419 g/mol. The largest absolute Gasteiger partial charge is 0.341 e. The number of anilines is 1. The highest BCUT2D eigenvalue weighted by molar-refractivity contribution is 5.85. The van der Waals surface area contributed by atoms with E-state index in [1.54, 1.807) is 12.1 Å². The van der Waals surface area contributed by atoms with Gasteiger partial charge in [0, 0.05) is 63.2 Å². The Morgan fingerprint density at radius 1 is 0.897 bits per heavy atom. The van der Waals surface area contributed by atoms with Crippen molar-refractivity contribution in [1.82, 2.24) is 19.8 Å². The van der Waals surface area contributed by atoms with E-state index < -0.39 is 0 Å². The molecule has 0 unspecified atom stereocenters. The van der Waals surface area contributed by atoms with Gasteiger partial charge in [0.05, 0.1) is 0 Å². The van der Waals surface area contributed by atoms with Crippen LogP contribution in [-0.2, 0) is 6.54 Å². The Balaban J connectivity index is 0.00000240. The number of benzene rings is 1. The highest BCUT2D eigenvalue weighted by Crippen LogP contribution is 2.22. The predicted octanol–water partition coefficient (Wildman–Crippen LogP) is 3.44. The summed E-state index contributed by atoms with van der Waals surface area (Å²) in [7, 11) is 0. The van der Waals surface area contributed by atoms with Crippen LogP contribution in [0, 0.1) is 19.7 Å². The number of halogens is 2. The van der Waals surface area contributed by atoms with E-state index in [-0.39, 0.29) is 18.2 Å². The van der Waals surface area contributed by atoms with Gasteiger partial charge in [0.1, 0.15) is 5.82 Å². The van der Waals surface area contributed by atoms with E-state index in [1.807, 2.05) is 32.0 Å². The molecule has 0 saturated carbocycles. The molecule has 0 radical (unpaired) electrons. The Kier molecular flexibility index (Phi) is 7.44. The third kappa shape index (κ3) is 5.65. The lowest BCUT2D eigenvalue weighted by Gasteiger charge is -2.42. The van der Waals surface area contributed by atoms with E-state index >= 15 is 0 Å². The van der Waals surface area contributed by atoms with Crippen LogP contribution in [0.2, 0.25) is 0 Å². The first kappa shape index (κ1) is 21.9. The van der Waals surface area contributed by atoms with Crippen molar-refractivity contribution in [3.8, 4) is 0 Å². The molecule has 1 aromatic heterocycles. The second-order valence-electron chi connectivity index (χ2n) is 8.11. The molecule has 2 saturated heterocycles. The molecule has 0 N–H and O–H groups in total. The number of hydrogen-bond donors (Lipinski definition) is 0. The second-order valence-corrected chi connectivity index (χ2v) is 8.11. The lowest BCUT2D eigenvalue weighted by molar-refractivity contribution is 0.0810. The van der Waals surface area contributed by atoms with Crippen LogP contribution < -0.4 is 4.90 Å². The highest BCUT2D eigenvalue weighted by atomic mass is 35.5. The van der Waals surface area contributed by atoms with E-state index in [0.717, 1.165) is 63.1 Å². The quantitative estimate of drug-likeness (QED) is 0.758. The number of piperazine rings is 1. The topological polar surface area (TPSA) is 35.5 Å². The van der Waals surface area contributed by atoms with Gasteiger partial charge >= 0.3 is 0 Å². The Bertz CT molecular complexity index is 764. The standard InChI is InChI=1S/C22H30FN5.ClH/c1-17-15-18(2)25-22(24-17)28-9-7-21(8-10-28)27-13-11-26(12-14-27)16-19-3-5-20(23)6-4-19;/h3-6,15,21H,7-14,16H2,1-2H3;1H. The second kappa shape index (κ2) is 9.83. The average Bonchev–Trinajstić information content (AvgIpc) is 2.70. The zero-order valence-electron chi connectivity index (χ0n) is 17.4. The lowest BCUT2D eigenvalue weighted by Crippen LogP contribution is -2.53. The third-order valence-electron chi connectivity index (χ3n) is 5.96. The minimum Gasteiger partial charge on any atom is -0.341 e. The maximum atomic E-state index is 13.1. The van der Waals surface area contributed by atoms with Crippen LogP contribution in [0.4, 0.5) is 10.3 Å². The van der Waals surface area contributed by atoms with Gasteiger partial charge < -0.3 is 4.90 Å². The van der Waals surface area contributed by atoms with E-state index in [2.05, 4.69) is 24.7 Å². The molecule has 2 aliphatic rings. The van der Waals surface area contributed by atoms with Gasteiger partial charge in [-0.15, -0.1) is 12.4 Å². The van der Waals surface area contributed by atoms with Crippen LogP contribution in [0.5, 0.6) is 0 Å². The zero-order chi connectivity index (χ0) is 19.5. The number of aryl methyl sites for hydroxylation is 2. The molecule has 2 fully saturated rings. The Morgan fingerprint density at radius 3 is 2.07 bits per heavy atom. The molecule has 0 spiro atoms. The molecule has 2 aromatic rings. The number of rotatable bonds is 4. The molecule has 5 nitrogen and oxygen atoms in total. The molecule has 158 valence electrons. The summed E-state index contributed by atoms with van der Waals surface area (Å²) in [6.45, 7) is 11.4. The SMILES string of the molecule is Cc1cc(C)nc(N2CCC(N3CCN(Cc4ccc(F)cc4)CC3)CC2)n1.Cl.